The number of pyridine rings is 1. The van der Waals surface area contributed by atoms with E-state index in [4.69, 9.17) is 4.74 Å². The summed E-state index contributed by atoms with van der Waals surface area (Å²) >= 11 is 0. The van der Waals surface area contributed by atoms with Gasteiger partial charge in [-0.2, -0.15) is 10.2 Å². The van der Waals surface area contributed by atoms with Gasteiger partial charge in [-0.25, -0.2) is 0 Å². The van der Waals surface area contributed by atoms with Crippen molar-refractivity contribution in [3.05, 3.63) is 35.8 Å². The molecule has 1 aromatic heterocycles. The number of azo groups is 1. The Balaban J connectivity index is 1.95. The van der Waals surface area contributed by atoms with Crippen LogP contribution in [0.5, 0.6) is 5.75 Å². The van der Waals surface area contributed by atoms with Crippen LogP contribution in [0, 0.1) is 6.92 Å². The summed E-state index contributed by atoms with van der Waals surface area (Å²) in [5.74, 6) is 0.820. The van der Waals surface area contributed by atoms with Crippen molar-refractivity contribution in [1.82, 2.24) is 4.98 Å². The van der Waals surface area contributed by atoms with Gasteiger partial charge in [-0.15, -0.1) is 0 Å². The monoisotopic (exact) mass is 189 g/mol. The second kappa shape index (κ2) is 4.00. The van der Waals surface area contributed by atoms with Crippen LogP contribution in [0.3, 0.4) is 0 Å². The zero-order chi connectivity index (χ0) is 9.80. The molecule has 0 bridgehead atoms. The summed E-state index contributed by atoms with van der Waals surface area (Å²) in [5.41, 5.74) is 1.99. The molecule has 2 heterocycles. The Morgan fingerprint density at radius 3 is 3.14 bits per heavy atom. The number of hydrogen-bond donors (Lipinski definition) is 0. The number of ether oxygens (including phenoxy) is 1. The molecule has 0 aromatic carbocycles. The van der Waals surface area contributed by atoms with E-state index in [2.05, 4.69) is 15.2 Å². The quantitative estimate of drug-likeness (QED) is 0.731. The molecule has 0 fully saturated rings. The van der Waals surface area contributed by atoms with Crippen LogP contribution in [0.25, 0.3) is 0 Å². The summed E-state index contributed by atoms with van der Waals surface area (Å²) in [6, 6.07) is 3.77. The van der Waals surface area contributed by atoms with Crippen LogP contribution < -0.4 is 4.74 Å². The molecule has 0 saturated heterocycles. The van der Waals surface area contributed by atoms with Gasteiger partial charge in [0.15, 0.2) is 0 Å². The topological polar surface area (TPSA) is 46.8 Å². The van der Waals surface area contributed by atoms with Crippen molar-refractivity contribution in [3.8, 4) is 5.75 Å². The summed E-state index contributed by atoms with van der Waals surface area (Å²) in [5, 5.41) is 7.60. The minimum Gasteiger partial charge on any atom is -0.487 e. The van der Waals surface area contributed by atoms with Crippen molar-refractivity contribution < 1.29 is 4.74 Å². The lowest BCUT2D eigenvalue weighted by molar-refractivity contribution is 0.347. The lowest BCUT2D eigenvalue weighted by atomic mass is 10.3. The minimum absolute atomic E-state index is 0.541. The Morgan fingerprint density at radius 2 is 2.43 bits per heavy atom. The highest BCUT2D eigenvalue weighted by Gasteiger charge is 2.04. The third kappa shape index (κ3) is 1.96. The van der Waals surface area contributed by atoms with Gasteiger partial charge in [0.25, 0.3) is 0 Å². The summed E-state index contributed by atoms with van der Waals surface area (Å²) in [6.07, 6.45) is 3.49. The van der Waals surface area contributed by atoms with Crippen molar-refractivity contribution in [3.63, 3.8) is 0 Å². The highest BCUT2D eigenvalue weighted by Crippen LogP contribution is 2.15. The average Bonchev–Trinajstić information content (AvgIpc) is 2.69. The minimum atomic E-state index is 0.541. The lowest BCUT2D eigenvalue weighted by Crippen LogP contribution is -2.03. The largest absolute Gasteiger partial charge is 0.487 e. The van der Waals surface area contributed by atoms with E-state index in [0.29, 0.717) is 13.2 Å². The molecule has 0 unspecified atom stereocenters. The molecular formula is C10H11N3O. The predicted molar refractivity (Wildman–Crippen MR) is 52.3 cm³/mol. The van der Waals surface area contributed by atoms with Gasteiger partial charge in [0, 0.05) is 11.8 Å². The van der Waals surface area contributed by atoms with E-state index >= 15 is 0 Å². The fourth-order valence-electron chi connectivity index (χ4n) is 1.17. The second-order valence-corrected chi connectivity index (χ2v) is 3.08. The molecule has 0 aliphatic carbocycles. The molecule has 0 saturated carbocycles. The van der Waals surface area contributed by atoms with Crippen LogP contribution in [0.4, 0.5) is 0 Å². The first-order chi connectivity index (χ1) is 6.86. The van der Waals surface area contributed by atoms with Gasteiger partial charge < -0.3 is 4.74 Å². The Bertz CT molecular complexity index is 385. The zero-order valence-electron chi connectivity index (χ0n) is 7.97. The first kappa shape index (κ1) is 8.87. The maximum Gasteiger partial charge on any atom is 0.140 e. The van der Waals surface area contributed by atoms with Gasteiger partial charge in [-0.1, -0.05) is 0 Å². The molecule has 0 amide bonds. The SMILES string of the molecule is Cc1ncccc1OCC1=CN=NC1. The Hall–Kier alpha value is -1.71. The van der Waals surface area contributed by atoms with Gasteiger partial charge >= 0.3 is 0 Å². The van der Waals surface area contributed by atoms with Gasteiger partial charge in [0.1, 0.15) is 12.4 Å². The first-order valence-electron chi connectivity index (χ1n) is 4.45. The van der Waals surface area contributed by atoms with Gasteiger partial charge in [-0.3, -0.25) is 4.98 Å². The summed E-state index contributed by atoms with van der Waals surface area (Å²) < 4.78 is 5.57. The van der Waals surface area contributed by atoms with E-state index in [1.165, 1.54) is 0 Å². The van der Waals surface area contributed by atoms with Crippen molar-refractivity contribution in [2.75, 3.05) is 13.2 Å². The van der Waals surface area contributed by atoms with E-state index in [1.54, 1.807) is 12.4 Å². The standard InChI is InChI=1S/C10H11N3O/c1-8-10(3-2-4-11-8)14-7-9-5-12-13-6-9/h2-5H,6-7H2,1H3. The van der Waals surface area contributed by atoms with Crippen LogP contribution >= 0.6 is 0 Å². The first-order valence-corrected chi connectivity index (χ1v) is 4.45. The van der Waals surface area contributed by atoms with E-state index in [1.807, 2.05) is 19.1 Å². The molecule has 4 heteroatoms. The second-order valence-electron chi connectivity index (χ2n) is 3.08. The number of aryl methyl sites for hydroxylation is 1. The molecule has 1 aromatic rings. The Kier molecular flexibility index (Phi) is 2.53. The van der Waals surface area contributed by atoms with E-state index < -0.39 is 0 Å². The number of nitrogens with zero attached hydrogens (tertiary/aromatic N) is 3. The predicted octanol–water partition coefficient (Wildman–Crippen LogP) is 2.12. The van der Waals surface area contributed by atoms with Crippen molar-refractivity contribution >= 4 is 0 Å². The zero-order valence-corrected chi connectivity index (χ0v) is 7.97. The van der Waals surface area contributed by atoms with Gasteiger partial charge in [0.2, 0.25) is 0 Å². The molecule has 4 nitrogen and oxygen atoms in total. The van der Waals surface area contributed by atoms with E-state index in [-0.39, 0.29) is 0 Å². The van der Waals surface area contributed by atoms with Crippen LogP contribution in [0.15, 0.2) is 40.3 Å². The van der Waals surface area contributed by atoms with Crippen molar-refractivity contribution in [2.24, 2.45) is 10.2 Å². The highest BCUT2D eigenvalue weighted by atomic mass is 16.5. The molecular weight excluding hydrogens is 178 g/mol. The van der Waals surface area contributed by atoms with Gasteiger partial charge in [0.05, 0.1) is 18.4 Å². The molecule has 0 radical (unpaired) electrons. The van der Waals surface area contributed by atoms with E-state index in [9.17, 15) is 0 Å². The molecule has 1 aliphatic rings. The van der Waals surface area contributed by atoms with Crippen molar-refractivity contribution in [1.29, 1.82) is 0 Å². The average molecular weight is 189 g/mol. The third-order valence-electron chi connectivity index (χ3n) is 1.97. The molecule has 0 atom stereocenters. The molecule has 72 valence electrons. The smallest absolute Gasteiger partial charge is 0.140 e. The number of rotatable bonds is 3. The normalized spacial score (nSPS) is 14.2. The maximum atomic E-state index is 5.57. The number of hydrogen-bond acceptors (Lipinski definition) is 4. The summed E-state index contributed by atoms with van der Waals surface area (Å²) in [4.78, 5) is 4.13. The number of aromatic nitrogens is 1. The summed E-state index contributed by atoms with van der Waals surface area (Å²) in [6.45, 7) is 3.12. The lowest BCUT2D eigenvalue weighted by Gasteiger charge is -2.07. The molecule has 0 N–H and O–H groups in total. The van der Waals surface area contributed by atoms with Gasteiger partial charge in [-0.05, 0) is 19.1 Å². The van der Waals surface area contributed by atoms with Crippen LogP contribution in [0.1, 0.15) is 5.69 Å². The Morgan fingerprint density at radius 1 is 1.50 bits per heavy atom. The van der Waals surface area contributed by atoms with Crippen molar-refractivity contribution in [2.45, 2.75) is 6.92 Å². The highest BCUT2D eigenvalue weighted by molar-refractivity contribution is 5.26. The third-order valence-corrected chi connectivity index (χ3v) is 1.97. The molecule has 14 heavy (non-hydrogen) atoms. The molecule has 2 rings (SSSR count). The molecule has 1 aliphatic heterocycles. The van der Waals surface area contributed by atoms with Crippen LogP contribution in [0.2, 0.25) is 0 Å². The fourth-order valence-corrected chi connectivity index (χ4v) is 1.17. The van der Waals surface area contributed by atoms with Crippen LogP contribution in [-0.2, 0) is 0 Å². The maximum absolute atomic E-state index is 5.57. The fraction of sp³-hybridized carbons (Fsp3) is 0.300. The molecule has 0 spiro atoms. The van der Waals surface area contributed by atoms with Crippen LogP contribution in [-0.4, -0.2) is 18.1 Å². The summed E-state index contributed by atoms with van der Waals surface area (Å²) in [7, 11) is 0. The van der Waals surface area contributed by atoms with E-state index in [0.717, 1.165) is 17.0 Å². The Labute approximate surface area is 82.3 Å².